The van der Waals surface area contributed by atoms with Crippen molar-refractivity contribution in [3.05, 3.63) is 77.4 Å². The molecule has 0 fully saturated rings. The van der Waals surface area contributed by atoms with Crippen LogP contribution in [0.1, 0.15) is 70.3 Å². The Bertz CT molecular complexity index is 1570. The van der Waals surface area contributed by atoms with Crippen molar-refractivity contribution in [3.63, 3.8) is 0 Å². The molecule has 4 rings (SSSR count). The lowest BCUT2D eigenvalue weighted by molar-refractivity contribution is -0.130. The van der Waals surface area contributed by atoms with Crippen molar-refractivity contribution < 1.29 is 23.2 Å². The number of thiazole rings is 1. The summed E-state index contributed by atoms with van der Waals surface area (Å²) in [6.07, 6.45) is 12.2. The Morgan fingerprint density at radius 1 is 1.05 bits per heavy atom. The number of sulfonamides is 1. The number of Topliss-reactive ketones (excluding diaryl/α,β-unsaturated/α-hetero) is 1. The predicted octanol–water partition coefficient (Wildman–Crippen LogP) is 6.75. The second-order valence-electron chi connectivity index (χ2n) is 10.7. The van der Waals surface area contributed by atoms with Gasteiger partial charge in [-0.3, -0.25) is 14.8 Å². The van der Waals surface area contributed by atoms with Crippen molar-refractivity contribution in [3.8, 4) is 0 Å². The largest absolute Gasteiger partial charge is 0.294 e. The summed E-state index contributed by atoms with van der Waals surface area (Å²) < 4.78 is 30.6. The van der Waals surface area contributed by atoms with Crippen LogP contribution in [0.5, 0.6) is 0 Å². The van der Waals surface area contributed by atoms with Gasteiger partial charge in [-0.2, -0.15) is 4.72 Å². The molecule has 0 aliphatic heterocycles. The van der Waals surface area contributed by atoms with E-state index in [4.69, 9.17) is 0 Å². The van der Waals surface area contributed by atoms with E-state index in [1.165, 1.54) is 54.1 Å². The second kappa shape index (κ2) is 16.3. The van der Waals surface area contributed by atoms with Crippen LogP contribution in [0, 0.1) is 0 Å². The lowest BCUT2D eigenvalue weighted by atomic mass is 9.90. The first-order chi connectivity index (χ1) is 20.8. The van der Waals surface area contributed by atoms with Crippen LogP contribution in [0.2, 0.25) is 0 Å². The highest BCUT2D eigenvalue weighted by Gasteiger charge is 2.29. The van der Waals surface area contributed by atoms with Gasteiger partial charge in [-0.25, -0.2) is 18.9 Å². The molecular formula is C32H39N3O5S3. The third-order valence-corrected chi connectivity index (χ3v) is 11.1. The van der Waals surface area contributed by atoms with E-state index in [2.05, 4.69) is 28.8 Å². The van der Waals surface area contributed by atoms with Gasteiger partial charge < -0.3 is 0 Å². The van der Waals surface area contributed by atoms with Crippen LogP contribution >= 0.6 is 23.1 Å². The lowest BCUT2D eigenvalue weighted by Crippen LogP contribution is -2.46. The minimum atomic E-state index is -4.15. The first-order valence-electron chi connectivity index (χ1n) is 14.7. The van der Waals surface area contributed by atoms with Gasteiger partial charge in [-0.1, -0.05) is 92.4 Å². The van der Waals surface area contributed by atoms with Gasteiger partial charge in [0.15, 0.2) is 10.1 Å². The van der Waals surface area contributed by atoms with Crippen LogP contribution in [0.15, 0.2) is 81.1 Å². The maximum absolute atomic E-state index is 13.3. The average Bonchev–Trinajstić information content (AvgIpc) is 3.42. The summed E-state index contributed by atoms with van der Waals surface area (Å²) in [5.74, 6) is -0.132. The number of amides is 1. The number of nitrogens with one attached hydrogen (secondary N) is 2. The quantitative estimate of drug-likeness (QED) is 0.0644. The molecule has 0 saturated heterocycles. The SMILES string of the molecule is CCCCCCCSc1nc2ccc(S(=O)(=O)N[C@H](CC3=CC=C(CCCc4ccccc4)CC3=O)C(=O)NO)cc2s1. The Morgan fingerprint density at radius 2 is 1.84 bits per heavy atom. The number of hydrogen-bond acceptors (Lipinski definition) is 8. The Kier molecular flexibility index (Phi) is 12.5. The molecule has 1 atom stereocenters. The fraction of sp³-hybridized carbons (Fsp3) is 0.406. The number of unbranched alkanes of at least 4 members (excludes halogenated alkanes) is 4. The molecule has 3 aromatic rings. The van der Waals surface area contributed by atoms with Gasteiger partial charge in [0.05, 0.1) is 15.1 Å². The number of thioether (sulfide) groups is 1. The molecule has 0 spiro atoms. The van der Waals surface area contributed by atoms with Crippen LogP contribution in [0.4, 0.5) is 0 Å². The number of allylic oxidation sites excluding steroid dienone is 3. The number of nitrogens with zero attached hydrogens (tertiary/aromatic N) is 1. The van der Waals surface area contributed by atoms with E-state index in [-0.39, 0.29) is 23.5 Å². The van der Waals surface area contributed by atoms with Crippen molar-refractivity contribution in [2.75, 3.05) is 5.75 Å². The molecule has 230 valence electrons. The highest BCUT2D eigenvalue weighted by Crippen LogP contribution is 2.32. The van der Waals surface area contributed by atoms with Gasteiger partial charge >= 0.3 is 0 Å². The van der Waals surface area contributed by atoms with E-state index in [1.54, 1.807) is 30.0 Å². The fourth-order valence-corrected chi connectivity index (χ4v) is 8.40. The summed E-state index contributed by atoms with van der Waals surface area (Å²) in [7, 11) is -4.15. The summed E-state index contributed by atoms with van der Waals surface area (Å²) in [4.78, 5) is 30.0. The van der Waals surface area contributed by atoms with Crippen molar-refractivity contribution in [2.45, 2.75) is 86.4 Å². The van der Waals surface area contributed by atoms with Gasteiger partial charge in [-0.05, 0) is 55.0 Å². The standard InChI is InChI=1S/C32H39N3O5S3/c1-2-3-4-5-9-19-41-32-33-27-18-17-26(22-30(27)42-32)43(39,40)35-28(31(37)34-38)21-25-16-15-24(20-29(25)36)14-10-13-23-11-7-6-8-12-23/h6-8,11-12,15-18,22,28,35,38H,2-5,9-10,13-14,19-21H2,1H3,(H,34,37)/t28-/m1/s1. The highest BCUT2D eigenvalue weighted by molar-refractivity contribution is 8.01. The third kappa shape index (κ3) is 9.84. The zero-order valence-electron chi connectivity index (χ0n) is 24.4. The number of benzene rings is 2. The molecular weight excluding hydrogens is 603 g/mol. The summed E-state index contributed by atoms with van der Waals surface area (Å²) in [6.45, 7) is 2.19. The monoisotopic (exact) mass is 641 g/mol. The zero-order chi connectivity index (χ0) is 30.7. The number of aryl methyl sites for hydroxylation is 1. The maximum atomic E-state index is 13.3. The van der Waals surface area contributed by atoms with E-state index in [0.717, 1.165) is 46.0 Å². The first kappa shape index (κ1) is 33.1. The van der Waals surface area contributed by atoms with Gasteiger partial charge in [0.25, 0.3) is 5.91 Å². The molecule has 43 heavy (non-hydrogen) atoms. The minimum Gasteiger partial charge on any atom is -0.294 e. The number of rotatable bonds is 17. The van der Waals surface area contributed by atoms with Gasteiger partial charge in [0, 0.05) is 18.6 Å². The van der Waals surface area contributed by atoms with Crippen LogP contribution in [-0.4, -0.2) is 42.1 Å². The number of ketones is 1. The smallest absolute Gasteiger partial charge is 0.261 e. The molecule has 3 N–H and O–H groups in total. The summed E-state index contributed by atoms with van der Waals surface area (Å²) in [5.41, 5.74) is 4.82. The molecule has 1 aliphatic carbocycles. The highest BCUT2D eigenvalue weighted by atomic mass is 32.2. The molecule has 0 unspecified atom stereocenters. The number of hydrogen-bond donors (Lipinski definition) is 3. The van der Waals surface area contributed by atoms with Crippen molar-refractivity contribution in [1.29, 1.82) is 0 Å². The number of carbonyl (C=O) groups excluding carboxylic acids is 2. The molecule has 2 aromatic carbocycles. The Morgan fingerprint density at radius 3 is 2.58 bits per heavy atom. The minimum absolute atomic E-state index is 0.0138. The van der Waals surface area contributed by atoms with Gasteiger partial charge in [0.1, 0.15) is 6.04 Å². The van der Waals surface area contributed by atoms with Gasteiger partial charge in [-0.15, -0.1) is 11.3 Å². The normalized spacial score (nSPS) is 14.4. The molecule has 1 aliphatic rings. The zero-order valence-corrected chi connectivity index (χ0v) is 26.8. The molecule has 8 nitrogen and oxygen atoms in total. The number of aromatic nitrogens is 1. The maximum Gasteiger partial charge on any atom is 0.261 e. The van der Waals surface area contributed by atoms with Crippen molar-refractivity contribution in [1.82, 2.24) is 15.2 Å². The number of hydroxylamine groups is 1. The van der Waals surface area contributed by atoms with E-state index in [1.807, 2.05) is 24.3 Å². The Labute approximate surface area is 262 Å². The predicted molar refractivity (Wildman–Crippen MR) is 173 cm³/mol. The molecule has 0 saturated carbocycles. The van der Waals surface area contributed by atoms with Crippen LogP contribution in [0.3, 0.4) is 0 Å². The molecule has 11 heteroatoms. The van der Waals surface area contributed by atoms with Crippen LogP contribution in [-0.2, 0) is 26.0 Å². The van der Waals surface area contributed by atoms with Crippen LogP contribution in [0.25, 0.3) is 10.2 Å². The Hall–Kier alpha value is -2.83. The molecule has 1 heterocycles. The fourth-order valence-electron chi connectivity index (χ4n) is 4.93. The summed E-state index contributed by atoms with van der Waals surface area (Å²) in [5, 5.41) is 9.32. The number of fused-ring (bicyclic) bond motifs is 1. The molecule has 1 amide bonds. The van der Waals surface area contributed by atoms with E-state index >= 15 is 0 Å². The van der Waals surface area contributed by atoms with Gasteiger partial charge in [0.2, 0.25) is 10.0 Å². The second-order valence-corrected chi connectivity index (χ2v) is 14.8. The molecule has 1 aromatic heterocycles. The van der Waals surface area contributed by atoms with E-state index in [9.17, 15) is 23.2 Å². The molecule has 0 bridgehead atoms. The third-order valence-electron chi connectivity index (χ3n) is 7.34. The topological polar surface area (TPSA) is 125 Å². The average molecular weight is 642 g/mol. The van der Waals surface area contributed by atoms with Crippen LogP contribution < -0.4 is 10.2 Å². The van der Waals surface area contributed by atoms with Crippen molar-refractivity contribution >= 4 is 55.0 Å². The molecule has 0 radical (unpaired) electrons. The first-order valence-corrected chi connectivity index (χ1v) is 18.0. The lowest BCUT2D eigenvalue weighted by Gasteiger charge is -2.20. The van der Waals surface area contributed by atoms with E-state index < -0.39 is 22.0 Å². The van der Waals surface area contributed by atoms with Crippen molar-refractivity contribution in [2.24, 2.45) is 0 Å². The number of carbonyl (C=O) groups is 2. The summed E-state index contributed by atoms with van der Waals surface area (Å²) in [6, 6.07) is 13.4. The van der Waals surface area contributed by atoms with E-state index in [0.29, 0.717) is 11.1 Å². The Balaban J connectivity index is 1.38. The summed E-state index contributed by atoms with van der Waals surface area (Å²) >= 11 is 3.12.